The van der Waals surface area contributed by atoms with Crippen LogP contribution in [0.5, 0.6) is 5.75 Å². The quantitative estimate of drug-likeness (QED) is 0.904. The van der Waals surface area contributed by atoms with E-state index in [1.165, 1.54) is 0 Å². The minimum atomic E-state index is -0.0561. The number of ether oxygens (including phenoxy) is 1. The zero-order valence-corrected chi connectivity index (χ0v) is 14.9. The first-order chi connectivity index (χ1) is 12.0. The van der Waals surface area contributed by atoms with Crippen molar-refractivity contribution in [2.45, 2.75) is 39.3 Å². The minimum Gasteiger partial charge on any atom is -0.489 e. The Balaban J connectivity index is 1.65. The maximum absolute atomic E-state index is 12.8. The van der Waals surface area contributed by atoms with Crippen LogP contribution in [0.2, 0.25) is 0 Å². The van der Waals surface area contributed by atoms with E-state index in [9.17, 15) is 4.79 Å². The highest BCUT2D eigenvalue weighted by atomic mass is 16.5. The molecular formula is C20H26N2O3. The zero-order chi connectivity index (χ0) is 17.8. The van der Waals surface area contributed by atoms with E-state index < -0.39 is 0 Å². The molecule has 25 heavy (non-hydrogen) atoms. The summed E-state index contributed by atoms with van der Waals surface area (Å²) < 4.78 is 11.5. The summed E-state index contributed by atoms with van der Waals surface area (Å²) in [5, 5.41) is 0. The topological polar surface area (TPSA) is 68.7 Å². The maximum Gasteiger partial charge on any atom is 0.289 e. The summed E-state index contributed by atoms with van der Waals surface area (Å²) in [4.78, 5) is 14.6. The standard InChI is InChI=1S/C20H26N2O3/c1-14(21)16-7-6-10-22(12-16)20(23)19-11-17(15(2)25-19)13-24-18-8-4-3-5-9-18/h3-5,8-9,11,14,16H,6-7,10,12-13,21H2,1-2H3/t14-,16-/m1/s1. The average molecular weight is 342 g/mol. The van der Waals surface area contributed by atoms with Gasteiger partial charge in [0.05, 0.1) is 0 Å². The molecule has 5 nitrogen and oxygen atoms in total. The fourth-order valence-electron chi connectivity index (χ4n) is 3.23. The van der Waals surface area contributed by atoms with Crippen molar-refractivity contribution in [2.75, 3.05) is 13.1 Å². The normalized spacial score (nSPS) is 18.8. The minimum absolute atomic E-state index is 0.0561. The predicted octanol–water partition coefficient (Wildman–Crippen LogP) is 3.37. The summed E-state index contributed by atoms with van der Waals surface area (Å²) in [6.45, 7) is 5.72. The van der Waals surface area contributed by atoms with E-state index in [-0.39, 0.29) is 11.9 Å². The third kappa shape index (κ3) is 4.23. The molecule has 1 fully saturated rings. The average Bonchev–Trinajstić information content (AvgIpc) is 3.01. The Hall–Kier alpha value is -2.27. The molecule has 1 saturated heterocycles. The van der Waals surface area contributed by atoms with Crippen LogP contribution in [0.15, 0.2) is 40.8 Å². The molecule has 0 bridgehead atoms. The summed E-state index contributed by atoms with van der Waals surface area (Å²) in [6, 6.07) is 11.5. The van der Waals surface area contributed by atoms with Crippen molar-refractivity contribution in [3.05, 3.63) is 53.5 Å². The molecule has 0 spiro atoms. The van der Waals surface area contributed by atoms with Crippen molar-refractivity contribution >= 4 is 5.91 Å². The van der Waals surface area contributed by atoms with Gasteiger partial charge in [0, 0.05) is 24.7 Å². The van der Waals surface area contributed by atoms with Crippen LogP contribution >= 0.6 is 0 Å². The van der Waals surface area contributed by atoms with Crippen LogP contribution in [0.3, 0.4) is 0 Å². The second kappa shape index (κ2) is 7.74. The van der Waals surface area contributed by atoms with Gasteiger partial charge in [-0.15, -0.1) is 0 Å². The van der Waals surface area contributed by atoms with Crippen LogP contribution in [0.25, 0.3) is 0 Å². The molecule has 1 aliphatic heterocycles. The molecule has 1 aromatic carbocycles. The molecule has 0 saturated carbocycles. The lowest BCUT2D eigenvalue weighted by Gasteiger charge is -2.34. The second-order valence-electron chi connectivity index (χ2n) is 6.81. The Morgan fingerprint density at radius 2 is 2.16 bits per heavy atom. The first kappa shape index (κ1) is 17.5. The molecule has 1 aromatic heterocycles. The van der Waals surface area contributed by atoms with E-state index in [4.69, 9.17) is 14.9 Å². The van der Waals surface area contributed by atoms with Gasteiger partial charge >= 0.3 is 0 Å². The number of carbonyl (C=O) groups excluding carboxylic acids is 1. The molecule has 5 heteroatoms. The van der Waals surface area contributed by atoms with Gasteiger partial charge in [-0.05, 0) is 50.8 Å². The number of rotatable bonds is 5. The molecule has 0 radical (unpaired) electrons. The van der Waals surface area contributed by atoms with Gasteiger partial charge in [-0.2, -0.15) is 0 Å². The van der Waals surface area contributed by atoms with E-state index in [0.717, 1.165) is 36.5 Å². The van der Waals surface area contributed by atoms with Gasteiger partial charge in [-0.25, -0.2) is 0 Å². The molecule has 2 atom stereocenters. The molecule has 1 amide bonds. The fourth-order valence-corrected chi connectivity index (χ4v) is 3.23. The lowest BCUT2D eigenvalue weighted by Crippen LogP contribution is -2.44. The largest absolute Gasteiger partial charge is 0.489 e. The van der Waals surface area contributed by atoms with Gasteiger partial charge in [-0.1, -0.05) is 18.2 Å². The van der Waals surface area contributed by atoms with Crippen molar-refractivity contribution in [2.24, 2.45) is 11.7 Å². The first-order valence-corrected chi connectivity index (χ1v) is 8.86. The number of para-hydroxylation sites is 1. The van der Waals surface area contributed by atoms with Gasteiger partial charge in [0.15, 0.2) is 5.76 Å². The SMILES string of the molecule is Cc1oc(C(=O)N2CCC[C@@H]([C@@H](C)N)C2)cc1COc1ccccc1. The van der Waals surface area contributed by atoms with Crippen LogP contribution in [-0.2, 0) is 6.61 Å². The summed E-state index contributed by atoms with van der Waals surface area (Å²) in [7, 11) is 0. The first-order valence-electron chi connectivity index (χ1n) is 8.86. The van der Waals surface area contributed by atoms with Gasteiger partial charge in [0.25, 0.3) is 5.91 Å². The van der Waals surface area contributed by atoms with E-state index >= 15 is 0 Å². The van der Waals surface area contributed by atoms with Crippen LogP contribution in [-0.4, -0.2) is 29.9 Å². The lowest BCUT2D eigenvalue weighted by molar-refractivity contribution is 0.0627. The number of nitrogens with zero attached hydrogens (tertiary/aromatic N) is 1. The van der Waals surface area contributed by atoms with Gasteiger partial charge in [-0.3, -0.25) is 4.79 Å². The molecule has 2 aromatic rings. The van der Waals surface area contributed by atoms with Gasteiger partial charge in [0.2, 0.25) is 0 Å². The highest BCUT2D eigenvalue weighted by Crippen LogP contribution is 2.23. The monoisotopic (exact) mass is 342 g/mol. The van der Waals surface area contributed by atoms with Crippen molar-refractivity contribution < 1.29 is 13.9 Å². The van der Waals surface area contributed by atoms with Gasteiger partial charge < -0.3 is 19.8 Å². The highest BCUT2D eigenvalue weighted by molar-refractivity contribution is 5.91. The molecule has 2 heterocycles. The van der Waals surface area contributed by atoms with Crippen LogP contribution in [0, 0.1) is 12.8 Å². The zero-order valence-electron chi connectivity index (χ0n) is 14.9. The number of likely N-dealkylation sites (tertiary alicyclic amines) is 1. The van der Waals surface area contributed by atoms with E-state index in [1.54, 1.807) is 6.07 Å². The van der Waals surface area contributed by atoms with Crippen molar-refractivity contribution in [3.8, 4) is 5.75 Å². The summed E-state index contributed by atoms with van der Waals surface area (Å²) in [6.07, 6.45) is 2.07. The Kier molecular flexibility index (Phi) is 5.43. The number of piperidine rings is 1. The summed E-state index contributed by atoms with van der Waals surface area (Å²) >= 11 is 0. The number of benzene rings is 1. The maximum atomic E-state index is 12.8. The third-order valence-corrected chi connectivity index (χ3v) is 4.86. The number of furan rings is 1. The molecule has 3 rings (SSSR count). The van der Waals surface area contributed by atoms with Crippen molar-refractivity contribution in [3.63, 3.8) is 0 Å². The predicted molar refractivity (Wildman–Crippen MR) is 96.5 cm³/mol. The number of carbonyl (C=O) groups is 1. The van der Waals surface area contributed by atoms with Crippen LogP contribution < -0.4 is 10.5 Å². The molecule has 0 aliphatic carbocycles. The second-order valence-corrected chi connectivity index (χ2v) is 6.81. The van der Waals surface area contributed by atoms with E-state index in [0.29, 0.717) is 24.8 Å². The third-order valence-electron chi connectivity index (χ3n) is 4.86. The molecule has 2 N–H and O–H groups in total. The Morgan fingerprint density at radius 1 is 1.40 bits per heavy atom. The smallest absolute Gasteiger partial charge is 0.289 e. The highest BCUT2D eigenvalue weighted by Gasteiger charge is 2.28. The summed E-state index contributed by atoms with van der Waals surface area (Å²) in [5.74, 6) is 2.20. The Labute approximate surface area is 148 Å². The lowest BCUT2D eigenvalue weighted by atomic mass is 9.92. The summed E-state index contributed by atoms with van der Waals surface area (Å²) in [5.41, 5.74) is 6.91. The number of hydrogen-bond donors (Lipinski definition) is 1. The molecule has 1 aliphatic rings. The molecular weight excluding hydrogens is 316 g/mol. The fraction of sp³-hybridized carbons (Fsp3) is 0.450. The number of nitrogens with two attached hydrogens (primary N) is 1. The number of aryl methyl sites for hydroxylation is 1. The van der Waals surface area contributed by atoms with Crippen LogP contribution in [0.1, 0.15) is 41.6 Å². The van der Waals surface area contributed by atoms with Gasteiger partial charge in [0.1, 0.15) is 18.1 Å². The van der Waals surface area contributed by atoms with Crippen LogP contribution in [0.4, 0.5) is 0 Å². The molecule has 134 valence electrons. The Bertz CT molecular complexity index is 709. The van der Waals surface area contributed by atoms with E-state index in [1.807, 2.05) is 49.1 Å². The number of amides is 1. The van der Waals surface area contributed by atoms with E-state index in [2.05, 4.69) is 0 Å². The van der Waals surface area contributed by atoms with Crippen molar-refractivity contribution in [1.82, 2.24) is 4.90 Å². The Morgan fingerprint density at radius 3 is 2.88 bits per heavy atom. The molecule has 0 unspecified atom stereocenters. The number of hydrogen-bond acceptors (Lipinski definition) is 4. The van der Waals surface area contributed by atoms with Crippen molar-refractivity contribution in [1.29, 1.82) is 0 Å².